The standard InChI is InChI=1S/C14H18N4O2S.ClH/c19-21(20,13-8-16-14-12(13)2-1-6-15-14)18-7-5-10-3-4-11(9-18)17-10;/h1-2,6,8,10-11,17H,3-5,7,9H2,(H,15,16);1H. The summed E-state index contributed by atoms with van der Waals surface area (Å²) in [5.41, 5.74) is 0.616. The third-order valence-corrected chi connectivity index (χ3v) is 6.42. The topological polar surface area (TPSA) is 78.1 Å². The van der Waals surface area contributed by atoms with Gasteiger partial charge in [-0.1, -0.05) is 0 Å². The third kappa shape index (κ3) is 2.52. The van der Waals surface area contributed by atoms with Crippen molar-refractivity contribution in [3.05, 3.63) is 24.5 Å². The molecular weight excluding hydrogens is 324 g/mol. The Balaban J connectivity index is 0.00000144. The number of sulfonamides is 1. The van der Waals surface area contributed by atoms with Crippen molar-refractivity contribution in [1.29, 1.82) is 0 Å². The van der Waals surface area contributed by atoms with Gasteiger partial charge < -0.3 is 10.3 Å². The smallest absolute Gasteiger partial charge is 0.245 e. The molecule has 6 nitrogen and oxygen atoms in total. The molecule has 2 N–H and O–H groups in total. The lowest BCUT2D eigenvalue weighted by atomic mass is 10.1. The van der Waals surface area contributed by atoms with Crippen LogP contribution >= 0.6 is 12.4 Å². The van der Waals surface area contributed by atoms with Gasteiger partial charge >= 0.3 is 0 Å². The van der Waals surface area contributed by atoms with Crippen LogP contribution in [0.4, 0.5) is 0 Å². The lowest BCUT2D eigenvalue weighted by Crippen LogP contribution is -2.38. The van der Waals surface area contributed by atoms with Crippen LogP contribution in [-0.2, 0) is 10.0 Å². The Bertz CT molecular complexity index is 776. The summed E-state index contributed by atoms with van der Waals surface area (Å²) in [4.78, 5) is 7.45. The summed E-state index contributed by atoms with van der Waals surface area (Å²) in [5, 5.41) is 4.18. The molecule has 0 radical (unpaired) electrons. The number of pyridine rings is 1. The molecule has 22 heavy (non-hydrogen) atoms. The van der Waals surface area contributed by atoms with Crippen LogP contribution in [0.5, 0.6) is 0 Å². The van der Waals surface area contributed by atoms with Crippen molar-refractivity contribution in [2.75, 3.05) is 13.1 Å². The maximum Gasteiger partial charge on any atom is 0.245 e. The molecule has 0 aliphatic carbocycles. The number of rotatable bonds is 2. The van der Waals surface area contributed by atoms with Crippen molar-refractivity contribution < 1.29 is 8.42 Å². The Labute approximate surface area is 135 Å². The third-order valence-electron chi connectivity index (χ3n) is 4.52. The second kappa shape index (κ2) is 5.81. The normalized spacial score (nSPS) is 25.8. The first-order valence-corrected chi connectivity index (χ1v) is 8.77. The number of hydrogen-bond donors (Lipinski definition) is 2. The molecule has 4 rings (SSSR count). The minimum atomic E-state index is -3.47. The first kappa shape index (κ1) is 15.7. The summed E-state index contributed by atoms with van der Waals surface area (Å²) in [6, 6.07) is 4.32. The maximum absolute atomic E-state index is 12.9. The van der Waals surface area contributed by atoms with Gasteiger partial charge in [-0.3, -0.25) is 0 Å². The summed E-state index contributed by atoms with van der Waals surface area (Å²) < 4.78 is 27.5. The number of nitrogens with zero attached hydrogens (tertiary/aromatic N) is 2. The zero-order chi connectivity index (χ0) is 14.4. The molecule has 2 aromatic rings. The van der Waals surface area contributed by atoms with Crippen LogP contribution in [0.3, 0.4) is 0 Å². The summed E-state index contributed by atoms with van der Waals surface area (Å²) in [6.45, 7) is 1.15. The molecule has 2 bridgehead atoms. The fourth-order valence-electron chi connectivity index (χ4n) is 3.41. The van der Waals surface area contributed by atoms with Crippen LogP contribution in [0.15, 0.2) is 29.4 Å². The van der Waals surface area contributed by atoms with Crippen LogP contribution in [0.1, 0.15) is 19.3 Å². The molecule has 0 spiro atoms. The first-order chi connectivity index (χ1) is 10.1. The van der Waals surface area contributed by atoms with Gasteiger partial charge in [0.05, 0.1) is 0 Å². The monoisotopic (exact) mass is 342 g/mol. The van der Waals surface area contributed by atoms with Crippen LogP contribution in [-0.4, -0.2) is 47.9 Å². The minimum absolute atomic E-state index is 0. The number of aromatic amines is 1. The molecule has 2 aromatic heterocycles. The second-order valence-electron chi connectivity index (χ2n) is 5.84. The average molecular weight is 343 g/mol. The largest absolute Gasteiger partial charge is 0.345 e. The highest BCUT2D eigenvalue weighted by molar-refractivity contribution is 7.89. The van der Waals surface area contributed by atoms with E-state index in [0.717, 1.165) is 19.3 Å². The number of H-pyrrole nitrogens is 1. The van der Waals surface area contributed by atoms with Crippen LogP contribution in [0.25, 0.3) is 11.0 Å². The van der Waals surface area contributed by atoms with Gasteiger partial charge in [0.2, 0.25) is 10.0 Å². The number of hydrogen-bond acceptors (Lipinski definition) is 4. The van der Waals surface area contributed by atoms with Crippen molar-refractivity contribution in [2.24, 2.45) is 0 Å². The molecule has 2 atom stereocenters. The summed E-state index contributed by atoms with van der Waals surface area (Å²) in [7, 11) is -3.47. The zero-order valence-electron chi connectivity index (χ0n) is 12.0. The van der Waals surface area contributed by atoms with Gasteiger partial charge in [0.1, 0.15) is 10.5 Å². The molecule has 0 aromatic carbocycles. The Morgan fingerprint density at radius 3 is 2.91 bits per heavy atom. The van der Waals surface area contributed by atoms with Crippen molar-refractivity contribution in [3.8, 4) is 0 Å². The van der Waals surface area contributed by atoms with E-state index in [0.29, 0.717) is 35.1 Å². The summed E-state index contributed by atoms with van der Waals surface area (Å²) in [6.07, 6.45) is 6.33. The second-order valence-corrected chi connectivity index (χ2v) is 7.75. The SMILES string of the molecule is Cl.O=S(=O)(c1c[nH]c2ncccc12)N1CCC2CCC(C1)N2. The van der Waals surface area contributed by atoms with Crippen molar-refractivity contribution in [3.63, 3.8) is 0 Å². The predicted octanol–water partition coefficient (Wildman–Crippen LogP) is 1.50. The number of halogens is 1. The van der Waals surface area contributed by atoms with E-state index in [9.17, 15) is 8.42 Å². The summed E-state index contributed by atoms with van der Waals surface area (Å²) >= 11 is 0. The molecule has 0 amide bonds. The molecule has 2 unspecified atom stereocenters. The first-order valence-electron chi connectivity index (χ1n) is 7.33. The van der Waals surface area contributed by atoms with Gasteiger partial charge in [-0.25, -0.2) is 13.4 Å². The molecule has 2 aliphatic heterocycles. The van der Waals surface area contributed by atoms with E-state index in [1.54, 1.807) is 28.8 Å². The molecule has 2 fully saturated rings. The number of fused-ring (bicyclic) bond motifs is 3. The molecule has 4 heterocycles. The summed E-state index contributed by atoms with van der Waals surface area (Å²) in [5.74, 6) is 0. The Kier molecular flexibility index (Phi) is 4.15. The molecule has 8 heteroatoms. The molecular formula is C14H19ClN4O2S. The van der Waals surface area contributed by atoms with E-state index in [-0.39, 0.29) is 18.4 Å². The fraction of sp³-hybridized carbons (Fsp3) is 0.500. The van der Waals surface area contributed by atoms with Gasteiger partial charge in [0.15, 0.2) is 0 Å². The number of nitrogens with one attached hydrogen (secondary N) is 2. The van der Waals surface area contributed by atoms with Gasteiger partial charge in [0.25, 0.3) is 0 Å². The van der Waals surface area contributed by atoms with Crippen molar-refractivity contribution in [2.45, 2.75) is 36.2 Å². The Morgan fingerprint density at radius 1 is 1.23 bits per heavy atom. The molecule has 2 aliphatic rings. The highest BCUT2D eigenvalue weighted by Crippen LogP contribution is 2.28. The van der Waals surface area contributed by atoms with Gasteiger partial charge in [-0.15, -0.1) is 12.4 Å². The van der Waals surface area contributed by atoms with Crippen LogP contribution in [0, 0.1) is 0 Å². The Morgan fingerprint density at radius 2 is 2.05 bits per heavy atom. The van der Waals surface area contributed by atoms with E-state index < -0.39 is 10.0 Å². The van der Waals surface area contributed by atoms with Crippen molar-refractivity contribution in [1.82, 2.24) is 19.6 Å². The lowest BCUT2D eigenvalue weighted by molar-refractivity contribution is 0.384. The van der Waals surface area contributed by atoms with Gasteiger partial charge in [0, 0.05) is 43.0 Å². The van der Waals surface area contributed by atoms with Crippen LogP contribution in [0.2, 0.25) is 0 Å². The maximum atomic E-state index is 12.9. The van der Waals surface area contributed by atoms with E-state index in [1.165, 1.54) is 0 Å². The van der Waals surface area contributed by atoms with Gasteiger partial charge in [-0.2, -0.15) is 4.31 Å². The lowest BCUT2D eigenvalue weighted by Gasteiger charge is -2.23. The number of aromatic nitrogens is 2. The predicted molar refractivity (Wildman–Crippen MR) is 86.7 cm³/mol. The van der Waals surface area contributed by atoms with Gasteiger partial charge in [-0.05, 0) is 31.4 Å². The van der Waals surface area contributed by atoms with Crippen molar-refractivity contribution >= 4 is 33.5 Å². The molecule has 0 saturated carbocycles. The van der Waals surface area contributed by atoms with E-state index in [2.05, 4.69) is 15.3 Å². The fourth-order valence-corrected chi connectivity index (χ4v) is 5.06. The molecule has 120 valence electrons. The molecule has 2 saturated heterocycles. The van der Waals surface area contributed by atoms with E-state index >= 15 is 0 Å². The van der Waals surface area contributed by atoms with E-state index in [4.69, 9.17) is 0 Å². The van der Waals surface area contributed by atoms with E-state index in [1.807, 2.05) is 0 Å². The minimum Gasteiger partial charge on any atom is -0.345 e. The Hall–Kier alpha value is -1.15. The highest BCUT2D eigenvalue weighted by atomic mass is 35.5. The zero-order valence-corrected chi connectivity index (χ0v) is 13.7. The highest BCUT2D eigenvalue weighted by Gasteiger charge is 2.35. The average Bonchev–Trinajstić information content (AvgIpc) is 3.02. The van der Waals surface area contributed by atoms with Crippen LogP contribution < -0.4 is 5.32 Å². The quantitative estimate of drug-likeness (QED) is 0.867.